The number of benzene rings is 2. The molecule has 0 unspecified atom stereocenters. The number of urea groups is 2. The Balaban J connectivity index is 1.86. The maximum absolute atomic E-state index is 12.1. The zero-order valence-electron chi connectivity index (χ0n) is 10.5. The predicted molar refractivity (Wildman–Crippen MR) is 77.5 cm³/mol. The molecule has 2 aromatic carbocycles. The van der Waals surface area contributed by atoms with E-state index in [0.717, 1.165) is 9.80 Å². The number of rotatable bonds is 2. The van der Waals surface area contributed by atoms with Gasteiger partial charge in [0, 0.05) is 11.4 Å². The highest BCUT2D eigenvalue weighted by atomic mass is 16.2. The molecule has 3 rings (SSSR count). The van der Waals surface area contributed by atoms with E-state index in [1.807, 2.05) is 0 Å². The Kier molecular flexibility index (Phi) is 2.57. The minimum Gasteiger partial charge on any atom is -0.399 e. The van der Waals surface area contributed by atoms with Crippen molar-refractivity contribution >= 4 is 34.8 Å². The van der Waals surface area contributed by atoms with Crippen molar-refractivity contribution < 1.29 is 9.59 Å². The van der Waals surface area contributed by atoms with Gasteiger partial charge >= 0.3 is 12.1 Å². The molecule has 20 heavy (non-hydrogen) atoms. The SMILES string of the molecule is Nc1ccc(N2C(=O)N(c3ccc(N)cc3)C2=O)cc1. The maximum Gasteiger partial charge on any atom is 0.345 e. The summed E-state index contributed by atoms with van der Waals surface area (Å²) in [7, 11) is 0. The van der Waals surface area contributed by atoms with E-state index in [1.54, 1.807) is 48.5 Å². The van der Waals surface area contributed by atoms with E-state index in [4.69, 9.17) is 11.5 Å². The number of carbonyl (C=O) groups excluding carboxylic acids is 2. The van der Waals surface area contributed by atoms with Crippen LogP contribution in [0.5, 0.6) is 0 Å². The third-order valence-corrected chi connectivity index (χ3v) is 3.07. The second kappa shape index (κ2) is 4.27. The van der Waals surface area contributed by atoms with Gasteiger partial charge in [0.25, 0.3) is 0 Å². The van der Waals surface area contributed by atoms with Crippen molar-refractivity contribution in [3.8, 4) is 0 Å². The van der Waals surface area contributed by atoms with E-state index in [1.165, 1.54) is 0 Å². The largest absolute Gasteiger partial charge is 0.399 e. The second-order valence-corrected chi connectivity index (χ2v) is 4.42. The fourth-order valence-corrected chi connectivity index (χ4v) is 2.01. The molecule has 6 nitrogen and oxygen atoms in total. The number of hydrogen-bond acceptors (Lipinski definition) is 4. The van der Waals surface area contributed by atoms with E-state index in [-0.39, 0.29) is 0 Å². The normalized spacial score (nSPS) is 14.4. The minimum atomic E-state index is -0.399. The zero-order valence-corrected chi connectivity index (χ0v) is 10.5. The lowest BCUT2D eigenvalue weighted by molar-refractivity contribution is 0.226. The molecule has 100 valence electrons. The van der Waals surface area contributed by atoms with Gasteiger partial charge in [-0.2, -0.15) is 0 Å². The van der Waals surface area contributed by atoms with Crippen LogP contribution in [-0.4, -0.2) is 12.1 Å². The molecular formula is C14H12N4O2. The Labute approximate surface area is 115 Å². The van der Waals surface area contributed by atoms with Crippen LogP contribution in [0.3, 0.4) is 0 Å². The topological polar surface area (TPSA) is 92.7 Å². The summed E-state index contributed by atoms with van der Waals surface area (Å²) in [5.41, 5.74) is 13.3. The van der Waals surface area contributed by atoms with Gasteiger partial charge in [0.1, 0.15) is 0 Å². The average molecular weight is 268 g/mol. The standard InChI is InChI=1S/C14H12N4O2/c15-9-1-5-11(6-2-9)17-13(19)18(14(17)20)12-7-3-10(16)4-8-12/h1-8H,15-16H2. The van der Waals surface area contributed by atoms with Gasteiger partial charge in [-0.1, -0.05) is 0 Å². The Morgan fingerprint density at radius 1 is 0.600 bits per heavy atom. The second-order valence-electron chi connectivity index (χ2n) is 4.42. The summed E-state index contributed by atoms with van der Waals surface area (Å²) in [4.78, 5) is 26.4. The summed E-state index contributed by atoms with van der Waals surface area (Å²) in [6.07, 6.45) is 0. The Bertz CT molecular complexity index is 606. The molecule has 0 saturated carbocycles. The van der Waals surface area contributed by atoms with Crippen molar-refractivity contribution in [2.75, 3.05) is 21.3 Å². The first-order valence-electron chi connectivity index (χ1n) is 5.97. The fourth-order valence-electron chi connectivity index (χ4n) is 2.01. The van der Waals surface area contributed by atoms with Crippen LogP contribution in [0.4, 0.5) is 32.3 Å². The fraction of sp³-hybridized carbons (Fsp3) is 0. The van der Waals surface area contributed by atoms with E-state index in [0.29, 0.717) is 22.7 Å². The van der Waals surface area contributed by atoms with Crippen LogP contribution in [-0.2, 0) is 0 Å². The highest BCUT2D eigenvalue weighted by molar-refractivity contribution is 6.41. The third kappa shape index (κ3) is 1.74. The molecule has 4 amide bonds. The van der Waals surface area contributed by atoms with Crippen LogP contribution in [0.25, 0.3) is 0 Å². The van der Waals surface area contributed by atoms with E-state index in [2.05, 4.69) is 0 Å². The van der Waals surface area contributed by atoms with Crippen LogP contribution < -0.4 is 21.3 Å². The number of amides is 4. The van der Waals surface area contributed by atoms with Crippen molar-refractivity contribution in [3.63, 3.8) is 0 Å². The van der Waals surface area contributed by atoms with Crippen LogP contribution in [0.2, 0.25) is 0 Å². The highest BCUT2D eigenvalue weighted by Crippen LogP contribution is 2.31. The number of imide groups is 2. The van der Waals surface area contributed by atoms with Gasteiger partial charge in [-0.25, -0.2) is 19.4 Å². The van der Waals surface area contributed by atoms with Gasteiger partial charge in [-0.3, -0.25) is 0 Å². The molecule has 0 radical (unpaired) electrons. The van der Waals surface area contributed by atoms with E-state index in [9.17, 15) is 9.59 Å². The Morgan fingerprint density at radius 3 is 1.20 bits per heavy atom. The van der Waals surface area contributed by atoms with E-state index >= 15 is 0 Å². The Hall–Kier alpha value is -3.02. The molecule has 6 heteroatoms. The molecule has 0 atom stereocenters. The van der Waals surface area contributed by atoms with Crippen LogP contribution in [0, 0.1) is 0 Å². The first kappa shape index (κ1) is 12.0. The van der Waals surface area contributed by atoms with Crippen molar-refractivity contribution in [3.05, 3.63) is 48.5 Å². The van der Waals surface area contributed by atoms with Crippen molar-refractivity contribution in [2.24, 2.45) is 0 Å². The van der Waals surface area contributed by atoms with Gasteiger partial charge in [-0.15, -0.1) is 0 Å². The molecule has 0 aromatic heterocycles. The summed E-state index contributed by atoms with van der Waals surface area (Å²) in [6, 6.07) is 12.3. The van der Waals surface area contributed by atoms with Gasteiger partial charge in [-0.05, 0) is 48.5 Å². The summed E-state index contributed by atoms with van der Waals surface area (Å²) >= 11 is 0. The van der Waals surface area contributed by atoms with E-state index < -0.39 is 12.1 Å². The lowest BCUT2D eigenvalue weighted by Crippen LogP contribution is -2.64. The number of nitrogens with two attached hydrogens (primary N) is 2. The molecule has 1 aliphatic rings. The lowest BCUT2D eigenvalue weighted by atomic mass is 10.2. The lowest BCUT2D eigenvalue weighted by Gasteiger charge is -2.38. The molecule has 1 aliphatic heterocycles. The van der Waals surface area contributed by atoms with Crippen LogP contribution in [0.15, 0.2) is 48.5 Å². The molecule has 1 heterocycles. The molecule has 2 aromatic rings. The smallest absolute Gasteiger partial charge is 0.345 e. The molecule has 0 spiro atoms. The van der Waals surface area contributed by atoms with Crippen LogP contribution >= 0.6 is 0 Å². The first-order valence-corrected chi connectivity index (χ1v) is 5.97. The molecule has 1 saturated heterocycles. The van der Waals surface area contributed by atoms with Crippen LogP contribution in [0.1, 0.15) is 0 Å². The van der Waals surface area contributed by atoms with Gasteiger partial charge in [0.05, 0.1) is 11.4 Å². The summed E-state index contributed by atoms with van der Waals surface area (Å²) < 4.78 is 0. The highest BCUT2D eigenvalue weighted by Gasteiger charge is 2.45. The molecule has 0 bridgehead atoms. The summed E-state index contributed by atoms with van der Waals surface area (Å²) in [5, 5.41) is 0. The Morgan fingerprint density at radius 2 is 0.900 bits per heavy atom. The molecule has 1 fully saturated rings. The molecule has 0 aliphatic carbocycles. The monoisotopic (exact) mass is 268 g/mol. The van der Waals surface area contributed by atoms with Gasteiger partial charge in [0.15, 0.2) is 0 Å². The summed E-state index contributed by atoms with van der Waals surface area (Å²) in [6.45, 7) is 0. The number of nitrogen functional groups attached to an aromatic ring is 2. The van der Waals surface area contributed by atoms with Crippen molar-refractivity contribution in [2.45, 2.75) is 0 Å². The number of hydrogen-bond donors (Lipinski definition) is 2. The van der Waals surface area contributed by atoms with Gasteiger partial charge < -0.3 is 11.5 Å². The maximum atomic E-state index is 12.1. The minimum absolute atomic E-state index is 0.399. The van der Waals surface area contributed by atoms with Gasteiger partial charge in [0.2, 0.25) is 0 Å². The average Bonchev–Trinajstić information content (AvgIpc) is 2.44. The number of anilines is 4. The number of nitrogens with zero attached hydrogens (tertiary/aromatic N) is 2. The first-order chi connectivity index (χ1) is 9.58. The molecular weight excluding hydrogens is 256 g/mol. The number of carbonyl (C=O) groups is 2. The summed E-state index contributed by atoms with van der Waals surface area (Å²) in [5.74, 6) is 0. The van der Waals surface area contributed by atoms with Crippen molar-refractivity contribution in [1.82, 2.24) is 0 Å². The quantitative estimate of drug-likeness (QED) is 0.818. The predicted octanol–water partition coefficient (Wildman–Crippen LogP) is 2.42. The third-order valence-electron chi connectivity index (χ3n) is 3.07. The molecule has 4 N–H and O–H groups in total. The zero-order chi connectivity index (χ0) is 14.3. The van der Waals surface area contributed by atoms with Crippen molar-refractivity contribution in [1.29, 1.82) is 0 Å².